The van der Waals surface area contributed by atoms with E-state index in [9.17, 15) is 8.42 Å². The Morgan fingerprint density at radius 3 is 2.67 bits per heavy atom. The Bertz CT molecular complexity index is 1310. The molecule has 152 valence electrons. The minimum Gasteiger partial charge on any atom is -0.360 e. The number of hydrogen-bond donors (Lipinski definition) is 1. The van der Waals surface area contributed by atoms with Gasteiger partial charge >= 0.3 is 0 Å². The highest BCUT2D eigenvalue weighted by atomic mass is 32.2. The molecule has 0 amide bonds. The third-order valence-electron chi connectivity index (χ3n) is 5.82. The summed E-state index contributed by atoms with van der Waals surface area (Å²) in [6, 6.07) is 19.2. The number of hydrogen-bond acceptors (Lipinski definition) is 3. The van der Waals surface area contributed by atoms with Crippen LogP contribution in [0.15, 0.2) is 73.1 Å². The van der Waals surface area contributed by atoms with Crippen molar-refractivity contribution in [1.82, 2.24) is 14.3 Å². The molecule has 1 atom stereocenters. The number of nitrogens with one attached hydrogen (secondary N) is 1. The van der Waals surface area contributed by atoms with Gasteiger partial charge in [-0.05, 0) is 36.1 Å². The molecule has 1 aliphatic heterocycles. The maximum atomic E-state index is 13.6. The van der Waals surface area contributed by atoms with Crippen LogP contribution in [0.25, 0.3) is 10.9 Å². The van der Waals surface area contributed by atoms with Crippen LogP contribution in [0.1, 0.15) is 34.0 Å². The number of rotatable bonds is 4. The van der Waals surface area contributed by atoms with Gasteiger partial charge in [0.1, 0.15) is 0 Å². The van der Waals surface area contributed by atoms with Crippen molar-refractivity contribution in [3.8, 4) is 0 Å². The minimum absolute atomic E-state index is 0.00452. The SMILES string of the molecule is Cc1cc2c([C@@H]3c4ccccc4CCN3S(=O)(=O)Cc3ccccc3)c[nH]c2cn1. The van der Waals surface area contributed by atoms with E-state index >= 15 is 0 Å². The van der Waals surface area contributed by atoms with Crippen LogP contribution in [0, 0.1) is 6.92 Å². The second-order valence-electron chi connectivity index (χ2n) is 7.82. The summed E-state index contributed by atoms with van der Waals surface area (Å²) in [6.07, 6.45) is 4.46. The maximum Gasteiger partial charge on any atom is 0.219 e. The fourth-order valence-electron chi connectivity index (χ4n) is 4.41. The number of sulfonamides is 1. The van der Waals surface area contributed by atoms with Gasteiger partial charge in [0.2, 0.25) is 10.0 Å². The molecule has 0 saturated heterocycles. The van der Waals surface area contributed by atoms with Gasteiger partial charge in [-0.1, -0.05) is 54.6 Å². The van der Waals surface area contributed by atoms with Gasteiger partial charge in [0, 0.05) is 29.4 Å². The molecular weight excluding hydrogens is 394 g/mol. The summed E-state index contributed by atoms with van der Waals surface area (Å²) in [5.74, 6) is -0.00452. The molecule has 6 heteroatoms. The fraction of sp³-hybridized carbons (Fsp3) is 0.208. The van der Waals surface area contributed by atoms with Crippen LogP contribution in [0.3, 0.4) is 0 Å². The molecule has 3 heterocycles. The predicted molar refractivity (Wildman–Crippen MR) is 119 cm³/mol. The second-order valence-corrected chi connectivity index (χ2v) is 9.74. The molecule has 0 aliphatic carbocycles. The summed E-state index contributed by atoms with van der Waals surface area (Å²) in [6.45, 7) is 2.42. The van der Waals surface area contributed by atoms with E-state index in [0.717, 1.165) is 33.3 Å². The second kappa shape index (κ2) is 7.38. The normalized spacial score (nSPS) is 17.2. The van der Waals surface area contributed by atoms with Gasteiger partial charge in [0.15, 0.2) is 0 Å². The van der Waals surface area contributed by atoms with Crippen molar-refractivity contribution in [3.63, 3.8) is 0 Å². The topological polar surface area (TPSA) is 66.1 Å². The summed E-state index contributed by atoms with van der Waals surface area (Å²) < 4.78 is 28.8. The molecule has 0 saturated carbocycles. The van der Waals surface area contributed by atoms with Crippen molar-refractivity contribution in [3.05, 3.63) is 101 Å². The van der Waals surface area contributed by atoms with Gasteiger partial charge in [-0.2, -0.15) is 4.31 Å². The molecule has 2 aromatic heterocycles. The number of fused-ring (bicyclic) bond motifs is 2. The first-order valence-corrected chi connectivity index (χ1v) is 11.7. The molecule has 30 heavy (non-hydrogen) atoms. The number of pyridine rings is 1. The molecule has 0 unspecified atom stereocenters. The Morgan fingerprint density at radius 2 is 1.83 bits per heavy atom. The molecule has 0 radical (unpaired) electrons. The third kappa shape index (κ3) is 3.32. The van der Waals surface area contributed by atoms with Gasteiger partial charge in [0.05, 0.1) is 23.5 Å². The summed E-state index contributed by atoms with van der Waals surface area (Å²) >= 11 is 0. The smallest absolute Gasteiger partial charge is 0.219 e. The van der Waals surface area contributed by atoms with E-state index in [1.54, 1.807) is 4.31 Å². The molecule has 1 aliphatic rings. The van der Waals surface area contributed by atoms with Crippen LogP contribution < -0.4 is 0 Å². The standard InChI is InChI=1S/C24H23N3O2S/c1-17-13-21-22(14-26-23(21)15-25-17)24-20-10-6-5-9-19(20)11-12-27(24)30(28,29)16-18-7-3-2-4-8-18/h2-10,13-15,24,26H,11-12,16H2,1H3/t24-/m0/s1. The average Bonchev–Trinajstić information content (AvgIpc) is 3.16. The zero-order valence-corrected chi connectivity index (χ0v) is 17.6. The molecular formula is C24H23N3O2S. The largest absolute Gasteiger partial charge is 0.360 e. The van der Waals surface area contributed by atoms with Crippen molar-refractivity contribution in [1.29, 1.82) is 0 Å². The monoisotopic (exact) mass is 417 g/mol. The summed E-state index contributed by atoms with van der Waals surface area (Å²) in [5, 5.41) is 1.02. The Balaban J connectivity index is 1.66. The van der Waals surface area contributed by atoms with E-state index in [2.05, 4.69) is 22.1 Å². The first-order chi connectivity index (χ1) is 14.5. The van der Waals surface area contributed by atoms with Crippen LogP contribution in [-0.4, -0.2) is 29.2 Å². The van der Waals surface area contributed by atoms with Crippen LogP contribution >= 0.6 is 0 Å². The molecule has 4 aromatic rings. The fourth-order valence-corrected chi connectivity index (χ4v) is 6.10. The zero-order valence-electron chi connectivity index (χ0n) is 16.7. The lowest BCUT2D eigenvalue weighted by Crippen LogP contribution is -2.41. The lowest BCUT2D eigenvalue weighted by Gasteiger charge is -2.36. The Kier molecular flexibility index (Phi) is 4.68. The first kappa shape index (κ1) is 19.0. The number of aryl methyl sites for hydroxylation is 1. The van der Waals surface area contributed by atoms with E-state index in [1.807, 2.05) is 67.8 Å². The van der Waals surface area contributed by atoms with Gasteiger partial charge in [-0.25, -0.2) is 8.42 Å². The van der Waals surface area contributed by atoms with Gasteiger partial charge < -0.3 is 4.98 Å². The zero-order chi connectivity index (χ0) is 20.7. The van der Waals surface area contributed by atoms with E-state index in [4.69, 9.17) is 0 Å². The summed E-state index contributed by atoms with van der Waals surface area (Å²) in [7, 11) is -3.53. The van der Waals surface area contributed by atoms with Gasteiger partial charge in [-0.3, -0.25) is 4.98 Å². The summed E-state index contributed by atoms with van der Waals surface area (Å²) in [5.41, 5.74) is 5.85. The number of aromatic amines is 1. The molecule has 1 N–H and O–H groups in total. The van der Waals surface area contributed by atoms with Gasteiger partial charge in [0.25, 0.3) is 0 Å². The predicted octanol–water partition coefficient (Wildman–Crippen LogP) is 4.35. The van der Waals surface area contributed by atoms with Crippen molar-refractivity contribution < 1.29 is 8.42 Å². The number of aromatic nitrogens is 2. The third-order valence-corrected chi connectivity index (χ3v) is 7.62. The highest BCUT2D eigenvalue weighted by Gasteiger charge is 2.37. The molecule has 5 rings (SSSR count). The van der Waals surface area contributed by atoms with E-state index in [-0.39, 0.29) is 11.8 Å². The highest BCUT2D eigenvalue weighted by molar-refractivity contribution is 7.88. The van der Waals surface area contributed by atoms with E-state index in [1.165, 1.54) is 5.56 Å². The average molecular weight is 418 g/mol. The molecule has 0 fully saturated rings. The van der Waals surface area contributed by atoms with Crippen LogP contribution in [-0.2, 0) is 22.2 Å². The lowest BCUT2D eigenvalue weighted by atomic mass is 9.90. The molecule has 5 nitrogen and oxygen atoms in total. The maximum absolute atomic E-state index is 13.6. The number of nitrogens with zero attached hydrogens (tertiary/aromatic N) is 2. The highest BCUT2D eigenvalue weighted by Crippen LogP contribution is 2.40. The van der Waals surface area contributed by atoms with Gasteiger partial charge in [-0.15, -0.1) is 0 Å². The quantitative estimate of drug-likeness (QED) is 0.537. The van der Waals surface area contributed by atoms with Crippen LogP contribution in [0.5, 0.6) is 0 Å². The Morgan fingerprint density at radius 1 is 1.07 bits per heavy atom. The van der Waals surface area contributed by atoms with Crippen molar-refractivity contribution in [2.75, 3.05) is 6.54 Å². The summed E-state index contributed by atoms with van der Waals surface area (Å²) in [4.78, 5) is 7.65. The van der Waals surface area contributed by atoms with E-state index in [0.29, 0.717) is 13.0 Å². The first-order valence-electron chi connectivity index (χ1n) is 10.1. The van der Waals surface area contributed by atoms with Crippen molar-refractivity contribution >= 4 is 20.9 Å². The van der Waals surface area contributed by atoms with Crippen molar-refractivity contribution in [2.45, 2.75) is 25.1 Å². The van der Waals surface area contributed by atoms with Crippen LogP contribution in [0.4, 0.5) is 0 Å². The van der Waals surface area contributed by atoms with Crippen molar-refractivity contribution in [2.24, 2.45) is 0 Å². The Labute approximate surface area is 176 Å². The lowest BCUT2D eigenvalue weighted by molar-refractivity contribution is 0.345. The molecule has 0 spiro atoms. The Hall–Kier alpha value is -2.96. The number of H-pyrrole nitrogens is 1. The molecule has 0 bridgehead atoms. The number of benzene rings is 2. The van der Waals surface area contributed by atoms with E-state index < -0.39 is 10.0 Å². The minimum atomic E-state index is -3.53. The van der Waals surface area contributed by atoms with Crippen LogP contribution in [0.2, 0.25) is 0 Å². The molecule has 2 aromatic carbocycles.